The number of halogens is 3. The van der Waals surface area contributed by atoms with Crippen LogP contribution in [0.1, 0.15) is 52.4 Å². The van der Waals surface area contributed by atoms with Crippen molar-refractivity contribution >= 4 is 5.91 Å². The Kier molecular flexibility index (Phi) is 6.50. The Morgan fingerprint density at radius 2 is 1.95 bits per heavy atom. The highest BCUT2D eigenvalue weighted by Gasteiger charge is 2.43. The number of hydrogen-bond acceptors (Lipinski definition) is 2. The van der Waals surface area contributed by atoms with Gasteiger partial charge in [0.15, 0.2) is 0 Å². The van der Waals surface area contributed by atoms with Gasteiger partial charge in [0.05, 0.1) is 5.92 Å². The zero-order valence-corrected chi connectivity index (χ0v) is 12.9. The molecule has 0 radical (unpaired) electrons. The van der Waals surface area contributed by atoms with Crippen LogP contribution in [-0.4, -0.2) is 25.2 Å². The second-order valence-corrected chi connectivity index (χ2v) is 6.88. The van der Waals surface area contributed by atoms with Crippen LogP contribution in [0.3, 0.4) is 0 Å². The van der Waals surface area contributed by atoms with Gasteiger partial charge in [-0.2, -0.15) is 13.2 Å². The fourth-order valence-corrected chi connectivity index (χ4v) is 2.86. The Morgan fingerprint density at radius 3 is 2.52 bits per heavy atom. The molecule has 1 aliphatic rings. The van der Waals surface area contributed by atoms with Gasteiger partial charge in [0, 0.05) is 12.5 Å². The van der Waals surface area contributed by atoms with Crippen LogP contribution in [-0.2, 0) is 4.79 Å². The molecule has 0 aromatic heterocycles. The standard InChI is InChI=1S/C15H27F3N2O/c1-14(2,7-4-8-19)10-20-13(21)11-5-3-6-12(9-11)15(16,17)18/h11-12H,3-10,19H2,1-2H3,(H,20,21). The summed E-state index contributed by atoms with van der Waals surface area (Å²) in [6.45, 7) is 5.15. The fourth-order valence-electron chi connectivity index (χ4n) is 2.86. The molecule has 6 heteroatoms. The zero-order valence-electron chi connectivity index (χ0n) is 12.9. The molecule has 0 aliphatic heterocycles. The largest absolute Gasteiger partial charge is 0.391 e. The van der Waals surface area contributed by atoms with Gasteiger partial charge in [0.25, 0.3) is 0 Å². The highest BCUT2D eigenvalue weighted by atomic mass is 19.4. The Balaban J connectivity index is 2.44. The molecule has 0 aromatic carbocycles. The zero-order chi connectivity index (χ0) is 16.1. The van der Waals surface area contributed by atoms with E-state index in [0.717, 1.165) is 12.8 Å². The molecule has 1 saturated carbocycles. The van der Waals surface area contributed by atoms with Gasteiger partial charge in [-0.3, -0.25) is 4.79 Å². The first-order valence-corrected chi connectivity index (χ1v) is 7.70. The van der Waals surface area contributed by atoms with Crippen LogP contribution in [0.5, 0.6) is 0 Å². The molecule has 1 aliphatic carbocycles. The third kappa shape index (κ3) is 6.24. The van der Waals surface area contributed by atoms with Crippen LogP contribution in [0.15, 0.2) is 0 Å². The fraction of sp³-hybridized carbons (Fsp3) is 0.933. The van der Waals surface area contributed by atoms with Crippen LogP contribution in [0, 0.1) is 17.3 Å². The summed E-state index contributed by atoms with van der Waals surface area (Å²) in [5.74, 6) is -2.06. The second-order valence-electron chi connectivity index (χ2n) is 6.88. The van der Waals surface area contributed by atoms with Gasteiger partial charge in [0.2, 0.25) is 5.91 Å². The minimum Gasteiger partial charge on any atom is -0.355 e. The maximum absolute atomic E-state index is 12.7. The molecule has 0 bridgehead atoms. The van der Waals surface area contributed by atoms with Crippen molar-refractivity contribution in [3.8, 4) is 0 Å². The normalized spacial score (nSPS) is 23.9. The van der Waals surface area contributed by atoms with Gasteiger partial charge in [0.1, 0.15) is 0 Å². The van der Waals surface area contributed by atoms with Gasteiger partial charge in [-0.05, 0) is 44.1 Å². The molecule has 0 saturated heterocycles. The van der Waals surface area contributed by atoms with E-state index in [1.807, 2.05) is 13.8 Å². The van der Waals surface area contributed by atoms with Crippen LogP contribution < -0.4 is 11.1 Å². The quantitative estimate of drug-likeness (QED) is 0.791. The number of carbonyl (C=O) groups is 1. The molecular weight excluding hydrogens is 281 g/mol. The van der Waals surface area contributed by atoms with E-state index < -0.39 is 18.0 Å². The van der Waals surface area contributed by atoms with E-state index in [-0.39, 0.29) is 24.2 Å². The number of nitrogens with one attached hydrogen (secondary N) is 1. The highest BCUT2D eigenvalue weighted by Crippen LogP contribution is 2.40. The van der Waals surface area contributed by atoms with Crippen molar-refractivity contribution in [3.63, 3.8) is 0 Å². The summed E-state index contributed by atoms with van der Waals surface area (Å²) in [6.07, 6.45) is -1.31. The molecule has 2 atom stereocenters. The van der Waals surface area contributed by atoms with Crippen LogP contribution in [0.4, 0.5) is 13.2 Å². The lowest BCUT2D eigenvalue weighted by Crippen LogP contribution is -2.41. The molecule has 124 valence electrons. The summed E-state index contributed by atoms with van der Waals surface area (Å²) < 4.78 is 38.2. The van der Waals surface area contributed by atoms with Gasteiger partial charge in [-0.25, -0.2) is 0 Å². The lowest BCUT2D eigenvalue weighted by atomic mass is 9.80. The molecule has 21 heavy (non-hydrogen) atoms. The van der Waals surface area contributed by atoms with Gasteiger partial charge in [-0.15, -0.1) is 0 Å². The number of alkyl halides is 3. The average molecular weight is 308 g/mol. The number of nitrogens with two attached hydrogens (primary N) is 1. The number of hydrogen-bond donors (Lipinski definition) is 2. The Morgan fingerprint density at radius 1 is 1.29 bits per heavy atom. The predicted molar refractivity (Wildman–Crippen MR) is 76.6 cm³/mol. The van der Waals surface area contributed by atoms with E-state index in [9.17, 15) is 18.0 Å². The first-order chi connectivity index (χ1) is 9.65. The minimum absolute atomic E-state index is 0.0709. The maximum atomic E-state index is 12.7. The summed E-state index contributed by atoms with van der Waals surface area (Å²) in [5, 5.41) is 2.83. The topological polar surface area (TPSA) is 55.1 Å². The second kappa shape index (κ2) is 7.47. The van der Waals surface area contributed by atoms with Crippen molar-refractivity contribution in [3.05, 3.63) is 0 Å². The summed E-state index contributed by atoms with van der Waals surface area (Å²) in [5.41, 5.74) is 5.39. The van der Waals surface area contributed by atoms with Crippen molar-refractivity contribution in [2.45, 2.75) is 58.5 Å². The molecule has 1 fully saturated rings. The molecule has 3 nitrogen and oxygen atoms in total. The summed E-state index contributed by atoms with van der Waals surface area (Å²) in [4.78, 5) is 12.1. The SMILES string of the molecule is CC(C)(CCCN)CNC(=O)C1CCCC(C(F)(F)F)C1. The van der Waals surface area contributed by atoms with Crippen molar-refractivity contribution in [1.82, 2.24) is 5.32 Å². The summed E-state index contributed by atoms with van der Waals surface area (Å²) >= 11 is 0. The van der Waals surface area contributed by atoms with E-state index in [1.165, 1.54) is 0 Å². The third-order valence-corrected chi connectivity index (χ3v) is 4.31. The van der Waals surface area contributed by atoms with Crippen molar-refractivity contribution < 1.29 is 18.0 Å². The van der Waals surface area contributed by atoms with Crippen LogP contribution in [0.2, 0.25) is 0 Å². The van der Waals surface area contributed by atoms with E-state index in [2.05, 4.69) is 5.32 Å². The first kappa shape index (κ1) is 18.3. The molecule has 3 N–H and O–H groups in total. The van der Waals surface area contributed by atoms with Crippen molar-refractivity contribution in [1.29, 1.82) is 0 Å². The minimum atomic E-state index is -4.18. The monoisotopic (exact) mass is 308 g/mol. The molecule has 1 rings (SSSR count). The first-order valence-electron chi connectivity index (χ1n) is 7.70. The lowest BCUT2D eigenvalue weighted by molar-refractivity contribution is -0.186. The molecule has 0 spiro atoms. The number of carbonyl (C=O) groups excluding carboxylic acids is 1. The molecule has 0 heterocycles. The molecule has 1 amide bonds. The van der Waals surface area contributed by atoms with E-state index in [1.54, 1.807) is 0 Å². The van der Waals surface area contributed by atoms with Crippen LogP contribution in [0.25, 0.3) is 0 Å². The van der Waals surface area contributed by atoms with E-state index >= 15 is 0 Å². The predicted octanol–water partition coefficient (Wildman–Crippen LogP) is 3.24. The van der Waals surface area contributed by atoms with E-state index in [4.69, 9.17) is 5.73 Å². The van der Waals surface area contributed by atoms with Gasteiger partial charge in [-0.1, -0.05) is 20.3 Å². The maximum Gasteiger partial charge on any atom is 0.391 e. The number of rotatable bonds is 6. The van der Waals surface area contributed by atoms with Crippen LogP contribution >= 0.6 is 0 Å². The Labute approximate surface area is 124 Å². The van der Waals surface area contributed by atoms with Gasteiger partial charge >= 0.3 is 6.18 Å². The smallest absolute Gasteiger partial charge is 0.355 e. The Bertz CT molecular complexity index is 342. The Hall–Kier alpha value is -0.780. The highest BCUT2D eigenvalue weighted by molar-refractivity contribution is 5.78. The molecular formula is C15H27F3N2O. The summed E-state index contributed by atoms with van der Waals surface area (Å²) in [7, 11) is 0. The van der Waals surface area contributed by atoms with Gasteiger partial charge < -0.3 is 11.1 Å². The molecule has 2 unspecified atom stereocenters. The van der Waals surface area contributed by atoms with Crippen molar-refractivity contribution in [2.24, 2.45) is 23.0 Å². The summed E-state index contributed by atoms with van der Waals surface area (Å²) in [6, 6.07) is 0. The average Bonchev–Trinajstić information content (AvgIpc) is 2.42. The number of amides is 1. The third-order valence-electron chi connectivity index (χ3n) is 4.31. The molecule has 0 aromatic rings. The van der Waals surface area contributed by atoms with E-state index in [0.29, 0.717) is 25.9 Å². The van der Waals surface area contributed by atoms with Crippen molar-refractivity contribution in [2.75, 3.05) is 13.1 Å². The lowest BCUT2D eigenvalue weighted by Gasteiger charge is -2.31.